The van der Waals surface area contributed by atoms with Crippen molar-refractivity contribution in [1.82, 2.24) is 5.32 Å². The van der Waals surface area contributed by atoms with Gasteiger partial charge in [0.2, 0.25) is 5.91 Å². The van der Waals surface area contributed by atoms with Gasteiger partial charge in [-0.05, 0) is 30.5 Å². The van der Waals surface area contributed by atoms with Crippen LogP contribution < -0.4 is 5.32 Å². The number of benzene rings is 1. The van der Waals surface area contributed by atoms with Crippen molar-refractivity contribution in [1.29, 1.82) is 0 Å². The van der Waals surface area contributed by atoms with Gasteiger partial charge in [0.15, 0.2) is 0 Å². The molecule has 20 heavy (non-hydrogen) atoms. The lowest BCUT2D eigenvalue weighted by atomic mass is 9.98. The first-order valence-electron chi connectivity index (χ1n) is 6.84. The molecule has 0 aromatic heterocycles. The van der Waals surface area contributed by atoms with E-state index in [2.05, 4.69) is 5.32 Å². The zero-order valence-corrected chi connectivity index (χ0v) is 11.1. The van der Waals surface area contributed by atoms with E-state index in [0.29, 0.717) is 5.56 Å². The van der Waals surface area contributed by atoms with Gasteiger partial charge in [-0.15, -0.1) is 0 Å². The molecule has 0 heterocycles. The number of amides is 1. The Morgan fingerprint density at radius 2 is 1.85 bits per heavy atom. The quantitative estimate of drug-likeness (QED) is 0.869. The molecule has 2 N–H and O–H groups in total. The molecule has 0 radical (unpaired) electrons. The van der Waals surface area contributed by atoms with E-state index in [-0.39, 0.29) is 18.4 Å². The Labute approximate surface area is 117 Å². The largest absolute Gasteiger partial charge is 0.481 e. The van der Waals surface area contributed by atoms with Gasteiger partial charge in [-0.1, -0.05) is 25.0 Å². The minimum absolute atomic E-state index is 0.0117. The molecule has 1 amide bonds. The highest BCUT2D eigenvalue weighted by Gasteiger charge is 2.25. The van der Waals surface area contributed by atoms with Crippen LogP contribution in [-0.2, 0) is 9.59 Å². The third-order valence-corrected chi connectivity index (χ3v) is 3.78. The van der Waals surface area contributed by atoms with Crippen molar-refractivity contribution in [2.24, 2.45) is 5.92 Å². The van der Waals surface area contributed by atoms with Gasteiger partial charge >= 0.3 is 5.97 Å². The Morgan fingerprint density at radius 3 is 2.40 bits per heavy atom. The van der Waals surface area contributed by atoms with Crippen molar-refractivity contribution in [3.05, 3.63) is 35.6 Å². The van der Waals surface area contributed by atoms with Crippen LogP contribution in [0.5, 0.6) is 0 Å². The fourth-order valence-corrected chi connectivity index (χ4v) is 2.58. The van der Waals surface area contributed by atoms with Crippen LogP contribution in [0.15, 0.2) is 24.3 Å². The number of carboxylic acids is 1. The summed E-state index contributed by atoms with van der Waals surface area (Å²) in [6, 6.07) is 5.33. The highest BCUT2D eigenvalue weighted by Crippen LogP contribution is 2.25. The topological polar surface area (TPSA) is 66.4 Å². The predicted molar refractivity (Wildman–Crippen MR) is 71.7 cm³/mol. The maximum Gasteiger partial charge on any atom is 0.312 e. The Hall–Kier alpha value is -1.91. The minimum Gasteiger partial charge on any atom is -0.481 e. The van der Waals surface area contributed by atoms with E-state index >= 15 is 0 Å². The Balaban J connectivity index is 1.97. The minimum atomic E-state index is -1.02. The third kappa shape index (κ3) is 3.56. The summed E-state index contributed by atoms with van der Waals surface area (Å²) >= 11 is 0. The van der Waals surface area contributed by atoms with Crippen LogP contribution in [-0.4, -0.2) is 23.5 Å². The van der Waals surface area contributed by atoms with E-state index in [0.717, 1.165) is 25.7 Å². The molecule has 2 rings (SSSR count). The normalized spacial score (nSPS) is 16.9. The molecular weight excluding hydrogens is 261 g/mol. The maximum atomic E-state index is 12.9. The van der Waals surface area contributed by atoms with Gasteiger partial charge in [0, 0.05) is 12.5 Å². The van der Waals surface area contributed by atoms with Crippen LogP contribution in [0, 0.1) is 11.7 Å². The van der Waals surface area contributed by atoms with Crippen molar-refractivity contribution in [2.45, 2.75) is 31.6 Å². The molecule has 0 spiro atoms. The summed E-state index contributed by atoms with van der Waals surface area (Å²) in [7, 11) is 0. The van der Waals surface area contributed by atoms with E-state index in [1.54, 1.807) is 0 Å². The van der Waals surface area contributed by atoms with Crippen LogP contribution in [0.4, 0.5) is 4.39 Å². The summed E-state index contributed by atoms with van der Waals surface area (Å²) in [6.07, 6.45) is 3.86. The SMILES string of the molecule is O=C(NCC(C(=O)O)c1ccc(F)cc1)C1CCCC1. The number of carbonyl (C=O) groups is 2. The molecule has 1 unspecified atom stereocenters. The second-order valence-electron chi connectivity index (χ2n) is 5.17. The van der Waals surface area contributed by atoms with Crippen molar-refractivity contribution in [3.63, 3.8) is 0 Å². The molecule has 1 aromatic rings. The standard InChI is InChI=1S/C15H18FNO3/c16-12-7-5-10(6-8-12)13(15(19)20)9-17-14(18)11-3-1-2-4-11/h5-8,11,13H,1-4,9H2,(H,17,18)(H,19,20). The monoisotopic (exact) mass is 279 g/mol. The summed E-state index contributed by atoms with van der Waals surface area (Å²) < 4.78 is 12.9. The predicted octanol–water partition coefficient (Wildman–Crippen LogP) is 2.30. The summed E-state index contributed by atoms with van der Waals surface area (Å²) in [6.45, 7) is 0.0380. The van der Waals surface area contributed by atoms with E-state index in [1.807, 2.05) is 0 Å². The third-order valence-electron chi connectivity index (χ3n) is 3.78. The molecule has 1 atom stereocenters. The van der Waals surface area contributed by atoms with Crippen molar-refractivity contribution in [3.8, 4) is 0 Å². The van der Waals surface area contributed by atoms with E-state index in [9.17, 15) is 19.1 Å². The van der Waals surface area contributed by atoms with Gasteiger partial charge in [-0.2, -0.15) is 0 Å². The fraction of sp³-hybridized carbons (Fsp3) is 0.467. The molecule has 1 fully saturated rings. The smallest absolute Gasteiger partial charge is 0.312 e. The zero-order valence-electron chi connectivity index (χ0n) is 11.1. The number of nitrogens with one attached hydrogen (secondary N) is 1. The van der Waals surface area contributed by atoms with Crippen molar-refractivity contribution >= 4 is 11.9 Å². The summed E-state index contributed by atoms with van der Waals surface area (Å²) in [5.74, 6) is -2.34. The molecule has 0 bridgehead atoms. The highest BCUT2D eigenvalue weighted by atomic mass is 19.1. The zero-order chi connectivity index (χ0) is 14.5. The fourth-order valence-electron chi connectivity index (χ4n) is 2.58. The Morgan fingerprint density at radius 1 is 1.25 bits per heavy atom. The number of carboxylic acid groups (broad SMARTS) is 1. The molecular formula is C15H18FNO3. The first kappa shape index (κ1) is 14.5. The molecule has 1 saturated carbocycles. The average Bonchev–Trinajstić information content (AvgIpc) is 2.94. The first-order valence-corrected chi connectivity index (χ1v) is 6.84. The van der Waals surface area contributed by atoms with Crippen LogP contribution in [0.2, 0.25) is 0 Å². The maximum absolute atomic E-state index is 12.9. The molecule has 4 nitrogen and oxygen atoms in total. The lowest BCUT2D eigenvalue weighted by Gasteiger charge is -2.16. The molecule has 1 aliphatic carbocycles. The van der Waals surface area contributed by atoms with Crippen LogP contribution >= 0.6 is 0 Å². The second kappa shape index (κ2) is 6.50. The van der Waals surface area contributed by atoms with Gasteiger partial charge in [-0.25, -0.2) is 4.39 Å². The van der Waals surface area contributed by atoms with Crippen molar-refractivity contribution in [2.75, 3.05) is 6.54 Å². The lowest BCUT2D eigenvalue weighted by molar-refractivity contribution is -0.138. The summed E-state index contributed by atoms with van der Waals surface area (Å²) in [5, 5.41) is 11.9. The van der Waals surface area contributed by atoms with Gasteiger partial charge in [0.05, 0.1) is 5.92 Å². The van der Waals surface area contributed by atoms with E-state index < -0.39 is 17.7 Å². The number of hydrogen-bond donors (Lipinski definition) is 2. The van der Waals surface area contributed by atoms with Crippen LogP contribution in [0.25, 0.3) is 0 Å². The van der Waals surface area contributed by atoms with E-state index in [1.165, 1.54) is 24.3 Å². The number of hydrogen-bond acceptors (Lipinski definition) is 2. The van der Waals surface area contributed by atoms with Gasteiger partial charge in [0.1, 0.15) is 5.82 Å². The molecule has 0 aliphatic heterocycles. The number of halogens is 1. The molecule has 5 heteroatoms. The molecule has 108 valence electrons. The molecule has 1 aromatic carbocycles. The summed E-state index contributed by atoms with van der Waals surface area (Å²) in [4.78, 5) is 23.2. The van der Waals surface area contributed by atoms with Gasteiger partial charge in [-0.3, -0.25) is 9.59 Å². The Bertz CT molecular complexity index is 480. The number of aliphatic carboxylic acids is 1. The van der Waals surface area contributed by atoms with Gasteiger partial charge in [0.25, 0.3) is 0 Å². The Kier molecular flexibility index (Phi) is 4.71. The molecule has 1 aliphatic rings. The van der Waals surface area contributed by atoms with Crippen LogP contribution in [0.1, 0.15) is 37.2 Å². The first-order chi connectivity index (χ1) is 9.58. The summed E-state index contributed by atoms with van der Waals surface area (Å²) in [5.41, 5.74) is 0.491. The second-order valence-corrected chi connectivity index (χ2v) is 5.17. The number of carbonyl (C=O) groups excluding carboxylic acids is 1. The number of rotatable bonds is 5. The van der Waals surface area contributed by atoms with E-state index in [4.69, 9.17) is 0 Å². The van der Waals surface area contributed by atoms with Crippen LogP contribution in [0.3, 0.4) is 0 Å². The lowest BCUT2D eigenvalue weighted by Crippen LogP contribution is -2.35. The van der Waals surface area contributed by atoms with Gasteiger partial charge < -0.3 is 10.4 Å². The van der Waals surface area contributed by atoms with Crippen molar-refractivity contribution < 1.29 is 19.1 Å². The molecule has 0 saturated heterocycles. The highest BCUT2D eigenvalue weighted by molar-refractivity contribution is 5.81. The average molecular weight is 279 g/mol.